The molecule has 0 radical (unpaired) electrons. The minimum Gasteiger partial charge on any atom is -0.418 e. The number of likely N-dealkylation sites (N-methyl/N-ethyl adjacent to an activating group) is 1. The van der Waals surface area contributed by atoms with Gasteiger partial charge in [0.25, 0.3) is 6.54 Å². The molecule has 0 aromatic rings. The van der Waals surface area contributed by atoms with Crippen molar-refractivity contribution < 1.29 is 36.0 Å². The van der Waals surface area contributed by atoms with Gasteiger partial charge in [-0.25, -0.2) is 0 Å². The van der Waals surface area contributed by atoms with Crippen molar-refractivity contribution in [2.75, 3.05) is 27.7 Å². The maximum absolute atomic E-state index is 13.1. The Morgan fingerprint density at radius 1 is 1.06 bits per heavy atom. The summed E-state index contributed by atoms with van der Waals surface area (Å²) in [5, 5.41) is 20.2. The molecule has 0 N–H and O–H groups in total. The van der Waals surface area contributed by atoms with Crippen LogP contribution in [-0.2, 0) is 0 Å². The van der Waals surface area contributed by atoms with Gasteiger partial charge in [0, 0.05) is 0 Å². The van der Waals surface area contributed by atoms with E-state index in [1.807, 2.05) is 0 Å². The van der Waals surface area contributed by atoms with Crippen LogP contribution in [0, 0.1) is 20.2 Å². The molecule has 0 aromatic carbocycles. The molecule has 0 aliphatic heterocycles. The fraction of sp³-hybridized carbons (Fsp3) is 1.00. The molecule has 0 saturated heterocycles. The van der Waals surface area contributed by atoms with Crippen molar-refractivity contribution in [2.24, 2.45) is 0 Å². The maximum Gasteiger partial charge on any atom is 0.673 e. The Bertz CT molecular complexity index is 297. The van der Waals surface area contributed by atoms with E-state index in [0.717, 1.165) is 0 Å². The summed E-state index contributed by atoms with van der Waals surface area (Å²) in [5.41, 5.74) is 0. The molecule has 0 unspecified atom stereocenters. The van der Waals surface area contributed by atoms with E-state index in [9.17, 15) is 41.9 Å². The van der Waals surface area contributed by atoms with Gasteiger partial charge in [-0.15, -0.1) is 0 Å². The lowest BCUT2D eigenvalue weighted by Crippen LogP contribution is -2.55. The van der Waals surface area contributed by atoms with E-state index in [1.165, 1.54) is 21.1 Å². The number of nitrogens with zero attached hydrogens (tertiary/aromatic N) is 3. The highest BCUT2D eigenvalue weighted by Crippen LogP contribution is 2.16. The summed E-state index contributed by atoms with van der Waals surface area (Å²) < 4.78 is 51.9. The Kier molecular flexibility index (Phi) is 6.16. The predicted octanol–water partition coefficient (Wildman–Crippen LogP) is 1.17. The zero-order chi connectivity index (χ0) is 15.4. The Balaban J connectivity index is 0. The summed E-state index contributed by atoms with van der Waals surface area (Å²) in [7, 11) is -1.70. The second kappa shape index (κ2) is 5.88. The monoisotopic (exact) mass is 283 g/mol. The van der Waals surface area contributed by atoms with Crippen molar-refractivity contribution in [3.63, 3.8) is 0 Å². The first-order valence-electron chi connectivity index (χ1n) is 4.25. The number of alkyl halides is 1. The normalized spacial score (nSPS) is 12.4. The van der Waals surface area contributed by atoms with Gasteiger partial charge in [-0.1, -0.05) is 4.39 Å². The molecule has 0 amide bonds. The third kappa shape index (κ3) is 9.68. The molecule has 0 heterocycles. The highest BCUT2D eigenvalue weighted by Gasteiger charge is 2.62. The molecule has 7 nitrogen and oxygen atoms in total. The number of nitro groups is 2. The van der Waals surface area contributed by atoms with E-state index >= 15 is 0 Å². The Hall–Kier alpha value is -1.53. The van der Waals surface area contributed by atoms with E-state index in [0.29, 0.717) is 0 Å². The first-order valence-corrected chi connectivity index (χ1v) is 4.25. The smallest absolute Gasteiger partial charge is 0.418 e. The molecule has 0 fully saturated rings. The first kappa shape index (κ1) is 18.8. The lowest BCUT2D eigenvalue weighted by Gasteiger charge is -2.23. The van der Waals surface area contributed by atoms with Crippen LogP contribution in [0.15, 0.2) is 0 Å². The minimum absolute atomic E-state index is 0.196. The third-order valence-corrected chi connectivity index (χ3v) is 1.24. The zero-order valence-electron chi connectivity index (χ0n) is 9.65. The standard InChI is InChI=1S/C5H11FN3O4.BF4/c1-9(2,3)4-5(6,7(10)11)8(12)13;2-1(3,4)5/h4H2,1-3H3;/q+1;-1. The van der Waals surface area contributed by atoms with E-state index < -0.39 is 29.6 Å². The Morgan fingerprint density at radius 2 is 1.28 bits per heavy atom. The Morgan fingerprint density at radius 3 is 1.33 bits per heavy atom. The average molecular weight is 283 g/mol. The summed E-state index contributed by atoms with van der Waals surface area (Å²) in [6.07, 6.45) is 0. The molecule has 0 saturated carbocycles. The Labute approximate surface area is 98.2 Å². The predicted molar refractivity (Wildman–Crippen MR) is 50.9 cm³/mol. The zero-order valence-corrected chi connectivity index (χ0v) is 9.65. The van der Waals surface area contributed by atoms with Crippen molar-refractivity contribution in [2.45, 2.75) is 5.92 Å². The lowest BCUT2D eigenvalue weighted by molar-refractivity contribution is -0.944. The number of quaternary nitrogens is 1. The molecular formula is C5H11BF5N3O4. The molecular weight excluding hydrogens is 272 g/mol. The van der Waals surface area contributed by atoms with Crippen molar-refractivity contribution in [3.8, 4) is 0 Å². The second-order valence-corrected chi connectivity index (χ2v) is 4.18. The van der Waals surface area contributed by atoms with Crippen molar-refractivity contribution in [1.29, 1.82) is 0 Å². The summed E-state index contributed by atoms with van der Waals surface area (Å²) in [6.45, 7) is -0.812. The quantitative estimate of drug-likeness (QED) is 0.147. The second-order valence-electron chi connectivity index (χ2n) is 4.18. The summed E-state index contributed by atoms with van der Waals surface area (Å²) >= 11 is 0. The van der Waals surface area contributed by atoms with Crippen LogP contribution < -0.4 is 0 Å². The van der Waals surface area contributed by atoms with Crippen LogP contribution in [0.2, 0.25) is 0 Å². The van der Waals surface area contributed by atoms with Gasteiger partial charge < -0.3 is 21.7 Å². The topological polar surface area (TPSA) is 86.3 Å². The van der Waals surface area contributed by atoms with Crippen LogP contribution in [0.25, 0.3) is 0 Å². The molecule has 18 heavy (non-hydrogen) atoms. The molecule has 0 spiro atoms. The van der Waals surface area contributed by atoms with Crippen LogP contribution in [0.1, 0.15) is 0 Å². The van der Waals surface area contributed by atoms with Crippen molar-refractivity contribution >= 4 is 7.25 Å². The maximum atomic E-state index is 13.1. The lowest BCUT2D eigenvalue weighted by atomic mass is 10.3. The molecule has 0 rings (SSSR count). The fourth-order valence-corrected chi connectivity index (χ4v) is 0.786. The molecule has 108 valence electrons. The van der Waals surface area contributed by atoms with Crippen LogP contribution in [0.3, 0.4) is 0 Å². The summed E-state index contributed by atoms with van der Waals surface area (Å²) in [4.78, 5) is 17.2. The van der Waals surface area contributed by atoms with Crippen LogP contribution in [0.4, 0.5) is 21.7 Å². The summed E-state index contributed by atoms with van der Waals surface area (Å²) in [6, 6.07) is 0. The molecule has 0 aromatic heterocycles. The number of hydrogen-bond donors (Lipinski definition) is 0. The molecule has 13 heteroatoms. The van der Waals surface area contributed by atoms with Gasteiger partial charge in [0.1, 0.15) is 9.85 Å². The van der Waals surface area contributed by atoms with E-state index in [1.54, 1.807) is 0 Å². The van der Waals surface area contributed by atoms with Gasteiger partial charge in [0.2, 0.25) is 0 Å². The van der Waals surface area contributed by atoms with E-state index in [4.69, 9.17) is 0 Å². The average Bonchev–Trinajstić information content (AvgIpc) is 1.96. The number of rotatable bonds is 4. The molecule has 0 aliphatic rings. The largest absolute Gasteiger partial charge is 0.673 e. The van der Waals surface area contributed by atoms with Crippen molar-refractivity contribution in [1.82, 2.24) is 0 Å². The fourth-order valence-electron chi connectivity index (χ4n) is 0.786. The van der Waals surface area contributed by atoms with E-state index in [-0.39, 0.29) is 4.48 Å². The molecule has 0 atom stereocenters. The van der Waals surface area contributed by atoms with Gasteiger partial charge in [0.05, 0.1) is 21.1 Å². The molecule has 0 aliphatic carbocycles. The van der Waals surface area contributed by atoms with E-state index in [2.05, 4.69) is 0 Å². The first-order chi connectivity index (χ1) is 7.59. The SMILES string of the molecule is C[N+](C)(C)CC(F)([N+](=O)[O-])[N+](=O)[O-].F[B-](F)(F)F. The highest BCUT2D eigenvalue weighted by molar-refractivity contribution is 6.50. The van der Waals surface area contributed by atoms with Gasteiger partial charge in [-0.2, -0.15) is 0 Å². The third-order valence-electron chi connectivity index (χ3n) is 1.24. The van der Waals surface area contributed by atoms with Gasteiger partial charge >= 0.3 is 13.2 Å². The number of hydrogen-bond acceptors (Lipinski definition) is 4. The van der Waals surface area contributed by atoms with Crippen LogP contribution in [-0.4, -0.2) is 55.2 Å². The van der Waals surface area contributed by atoms with Crippen LogP contribution >= 0.6 is 0 Å². The molecule has 0 bridgehead atoms. The minimum atomic E-state index is -6.00. The summed E-state index contributed by atoms with van der Waals surface area (Å²) in [5.74, 6) is -3.60. The van der Waals surface area contributed by atoms with Crippen LogP contribution in [0.5, 0.6) is 0 Å². The highest BCUT2D eigenvalue weighted by atomic mass is 19.5. The van der Waals surface area contributed by atoms with Crippen molar-refractivity contribution in [3.05, 3.63) is 20.2 Å². The van der Waals surface area contributed by atoms with Gasteiger partial charge in [-0.05, 0) is 0 Å². The van der Waals surface area contributed by atoms with Gasteiger partial charge in [0.15, 0.2) is 0 Å². The van der Waals surface area contributed by atoms with Gasteiger partial charge in [-0.3, -0.25) is 20.2 Å². The number of halogens is 5.